The number of rotatable bonds is 4. The van der Waals surface area contributed by atoms with Crippen molar-refractivity contribution in [3.8, 4) is 0 Å². The SMILES string of the molecule is O=S(=O)(Nc1cccc(C=C2c3ccccc3CCc3cc(Cl)ccc32)c1)c1cccs1. The van der Waals surface area contributed by atoms with E-state index in [9.17, 15) is 8.42 Å². The van der Waals surface area contributed by atoms with Crippen molar-refractivity contribution in [2.45, 2.75) is 17.1 Å². The summed E-state index contributed by atoms with van der Waals surface area (Å²) in [5.74, 6) is 0. The van der Waals surface area contributed by atoms with Gasteiger partial charge in [-0.05, 0) is 88.0 Å². The number of anilines is 1. The summed E-state index contributed by atoms with van der Waals surface area (Å²) in [6.07, 6.45) is 3.99. The number of hydrogen-bond donors (Lipinski definition) is 1. The zero-order valence-electron chi connectivity index (χ0n) is 17.1. The van der Waals surface area contributed by atoms with Crippen molar-refractivity contribution in [3.05, 3.63) is 117 Å². The molecule has 1 aliphatic carbocycles. The molecule has 1 aromatic heterocycles. The fourth-order valence-corrected chi connectivity index (χ4v) is 6.32. The average molecular weight is 478 g/mol. The van der Waals surface area contributed by atoms with Gasteiger partial charge in [0.15, 0.2) is 0 Å². The van der Waals surface area contributed by atoms with Gasteiger partial charge in [-0.25, -0.2) is 8.42 Å². The highest BCUT2D eigenvalue weighted by atomic mass is 35.5. The van der Waals surface area contributed by atoms with Crippen molar-refractivity contribution in [2.24, 2.45) is 0 Å². The molecule has 1 N–H and O–H groups in total. The minimum Gasteiger partial charge on any atom is -0.279 e. The fourth-order valence-electron chi connectivity index (χ4n) is 4.08. The minimum absolute atomic E-state index is 0.296. The van der Waals surface area contributed by atoms with Crippen LogP contribution in [0.4, 0.5) is 5.69 Å². The maximum absolute atomic E-state index is 12.6. The van der Waals surface area contributed by atoms with E-state index in [1.165, 1.54) is 28.0 Å². The second kappa shape index (κ2) is 8.58. The summed E-state index contributed by atoms with van der Waals surface area (Å²) in [4.78, 5) is 0. The number of hydrogen-bond acceptors (Lipinski definition) is 3. The van der Waals surface area contributed by atoms with Crippen LogP contribution in [0.3, 0.4) is 0 Å². The molecule has 0 spiro atoms. The normalized spacial score (nSPS) is 14.5. The summed E-state index contributed by atoms with van der Waals surface area (Å²) in [7, 11) is -3.59. The summed E-state index contributed by atoms with van der Waals surface area (Å²) >= 11 is 7.49. The van der Waals surface area contributed by atoms with Gasteiger partial charge in [0.25, 0.3) is 10.0 Å². The van der Waals surface area contributed by atoms with E-state index in [0.717, 1.165) is 34.6 Å². The molecular weight excluding hydrogens is 458 g/mol. The van der Waals surface area contributed by atoms with E-state index >= 15 is 0 Å². The van der Waals surface area contributed by atoms with E-state index in [0.29, 0.717) is 9.90 Å². The topological polar surface area (TPSA) is 46.2 Å². The number of sulfonamides is 1. The molecule has 4 aromatic rings. The number of benzene rings is 3. The van der Waals surface area contributed by atoms with Crippen molar-refractivity contribution in [3.63, 3.8) is 0 Å². The summed E-state index contributed by atoms with van der Waals surface area (Å²) in [5.41, 5.74) is 7.43. The van der Waals surface area contributed by atoms with Crippen LogP contribution in [0.25, 0.3) is 11.6 Å². The lowest BCUT2D eigenvalue weighted by atomic mass is 9.92. The Kier molecular flexibility index (Phi) is 5.64. The van der Waals surface area contributed by atoms with Gasteiger partial charge < -0.3 is 0 Å². The lowest BCUT2D eigenvalue weighted by Gasteiger charge is -2.13. The average Bonchev–Trinajstić information content (AvgIpc) is 3.28. The van der Waals surface area contributed by atoms with Gasteiger partial charge in [0.2, 0.25) is 0 Å². The lowest BCUT2D eigenvalue weighted by Crippen LogP contribution is -2.11. The molecule has 0 saturated carbocycles. The molecule has 3 nitrogen and oxygen atoms in total. The van der Waals surface area contributed by atoms with E-state index in [1.54, 1.807) is 23.6 Å². The third-order valence-corrected chi connectivity index (χ3v) is 8.55. The molecule has 0 bridgehead atoms. The van der Waals surface area contributed by atoms with Crippen LogP contribution in [0.2, 0.25) is 5.02 Å². The Morgan fingerprint density at radius 3 is 2.50 bits per heavy atom. The highest BCUT2D eigenvalue weighted by Gasteiger charge is 2.19. The van der Waals surface area contributed by atoms with Gasteiger partial charge >= 0.3 is 0 Å². The molecule has 5 rings (SSSR count). The number of thiophene rings is 1. The first-order chi connectivity index (χ1) is 15.5. The van der Waals surface area contributed by atoms with Crippen molar-refractivity contribution in [1.29, 1.82) is 0 Å². The second-order valence-electron chi connectivity index (χ2n) is 7.68. The van der Waals surface area contributed by atoms with Gasteiger partial charge in [-0.2, -0.15) is 0 Å². The van der Waals surface area contributed by atoms with Gasteiger partial charge in [-0.15, -0.1) is 11.3 Å². The molecule has 0 amide bonds. The van der Waals surface area contributed by atoms with E-state index in [4.69, 9.17) is 11.6 Å². The first kappa shape index (κ1) is 21.0. The quantitative estimate of drug-likeness (QED) is 0.348. The largest absolute Gasteiger partial charge is 0.279 e. The summed E-state index contributed by atoms with van der Waals surface area (Å²) in [6.45, 7) is 0. The Bertz CT molecular complexity index is 1420. The number of aryl methyl sites for hydroxylation is 2. The van der Waals surface area contributed by atoms with E-state index in [2.05, 4.69) is 41.1 Å². The molecule has 160 valence electrons. The second-order valence-corrected chi connectivity index (χ2v) is 11.0. The Morgan fingerprint density at radius 1 is 0.844 bits per heavy atom. The van der Waals surface area contributed by atoms with Crippen molar-refractivity contribution < 1.29 is 8.42 Å². The van der Waals surface area contributed by atoms with Crippen LogP contribution in [0, 0.1) is 0 Å². The van der Waals surface area contributed by atoms with Crippen LogP contribution in [-0.2, 0) is 22.9 Å². The molecule has 0 fully saturated rings. The highest BCUT2D eigenvalue weighted by molar-refractivity contribution is 7.94. The molecule has 32 heavy (non-hydrogen) atoms. The summed E-state index contributed by atoms with van der Waals surface area (Å²) in [6, 6.07) is 25.3. The summed E-state index contributed by atoms with van der Waals surface area (Å²) in [5, 5.41) is 2.49. The molecule has 1 aliphatic rings. The minimum atomic E-state index is -3.59. The van der Waals surface area contributed by atoms with Gasteiger partial charge in [-0.1, -0.05) is 60.1 Å². The molecule has 0 aliphatic heterocycles. The maximum Gasteiger partial charge on any atom is 0.271 e. The molecule has 0 radical (unpaired) electrons. The molecule has 1 heterocycles. The van der Waals surface area contributed by atoms with Gasteiger partial charge in [0, 0.05) is 10.7 Å². The Morgan fingerprint density at radius 2 is 1.66 bits per heavy atom. The van der Waals surface area contributed by atoms with Crippen LogP contribution < -0.4 is 4.72 Å². The molecule has 0 unspecified atom stereocenters. The zero-order valence-corrected chi connectivity index (χ0v) is 19.5. The Labute approximate surface area is 197 Å². The zero-order chi connectivity index (χ0) is 22.1. The molecular formula is C26H20ClNO2S2. The molecule has 6 heteroatoms. The number of fused-ring (bicyclic) bond motifs is 2. The predicted molar refractivity (Wildman–Crippen MR) is 134 cm³/mol. The smallest absolute Gasteiger partial charge is 0.271 e. The van der Waals surface area contributed by atoms with E-state index in [-0.39, 0.29) is 0 Å². The van der Waals surface area contributed by atoms with Gasteiger partial charge in [-0.3, -0.25) is 4.72 Å². The summed E-state index contributed by atoms with van der Waals surface area (Å²) < 4.78 is 28.3. The Balaban J connectivity index is 1.59. The first-order valence-electron chi connectivity index (χ1n) is 10.2. The standard InChI is InChI=1S/C26H20ClNO2S2/c27-21-12-13-24-20(17-21)11-10-19-6-1-2-8-23(19)25(24)16-18-5-3-7-22(15-18)28-32(29,30)26-9-4-14-31-26/h1-9,12-17,28H,10-11H2. The predicted octanol–water partition coefficient (Wildman–Crippen LogP) is 6.89. The number of halogens is 1. The van der Waals surface area contributed by atoms with Crippen LogP contribution >= 0.6 is 22.9 Å². The van der Waals surface area contributed by atoms with Crippen molar-refractivity contribution in [2.75, 3.05) is 4.72 Å². The van der Waals surface area contributed by atoms with E-state index < -0.39 is 10.0 Å². The lowest BCUT2D eigenvalue weighted by molar-refractivity contribution is 0.603. The highest BCUT2D eigenvalue weighted by Crippen LogP contribution is 2.36. The van der Waals surface area contributed by atoms with Gasteiger partial charge in [0.05, 0.1) is 0 Å². The Hall–Kier alpha value is -2.86. The fraction of sp³-hybridized carbons (Fsp3) is 0.0769. The van der Waals surface area contributed by atoms with Crippen LogP contribution in [0.15, 0.2) is 88.5 Å². The molecule has 0 saturated heterocycles. The first-order valence-corrected chi connectivity index (χ1v) is 13.0. The van der Waals surface area contributed by atoms with Crippen LogP contribution in [-0.4, -0.2) is 8.42 Å². The third-order valence-electron chi connectivity index (χ3n) is 5.54. The molecule has 3 aromatic carbocycles. The van der Waals surface area contributed by atoms with Crippen molar-refractivity contribution >= 4 is 50.3 Å². The van der Waals surface area contributed by atoms with E-state index in [1.807, 2.05) is 30.3 Å². The number of nitrogens with one attached hydrogen (secondary N) is 1. The molecule has 0 atom stereocenters. The van der Waals surface area contributed by atoms with Crippen molar-refractivity contribution in [1.82, 2.24) is 0 Å². The maximum atomic E-state index is 12.6. The third kappa shape index (κ3) is 4.24. The van der Waals surface area contributed by atoms with Crippen LogP contribution in [0.1, 0.15) is 27.8 Å². The van der Waals surface area contributed by atoms with Gasteiger partial charge in [0.1, 0.15) is 4.21 Å². The van der Waals surface area contributed by atoms with Crippen LogP contribution in [0.5, 0.6) is 0 Å². The monoisotopic (exact) mass is 477 g/mol.